The minimum atomic E-state index is -0.953. The molecule has 4 heterocycles. The molecule has 0 saturated carbocycles. The van der Waals surface area contributed by atoms with Crippen LogP contribution in [0.2, 0.25) is 0 Å². The molecular formula is C26H19NO8. The van der Waals surface area contributed by atoms with Crippen LogP contribution in [0.1, 0.15) is 27.9 Å². The molecule has 0 aliphatic carbocycles. The van der Waals surface area contributed by atoms with Gasteiger partial charge in [0.1, 0.15) is 11.8 Å². The number of amides is 1. The molecule has 6 rings (SSSR count). The molecule has 35 heavy (non-hydrogen) atoms. The molecule has 0 radical (unpaired) electrons. The fraction of sp³-hybridized carbons (Fsp3) is 0.154. The summed E-state index contributed by atoms with van der Waals surface area (Å²) in [4.78, 5) is 28.2. The van der Waals surface area contributed by atoms with Crippen molar-refractivity contribution < 1.29 is 37.7 Å². The molecule has 0 saturated heterocycles. The number of nitrogens with zero attached hydrogens (tertiary/aromatic N) is 1. The average Bonchev–Trinajstić information content (AvgIpc) is 3.66. The number of furan rings is 2. The van der Waals surface area contributed by atoms with Crippen LogP contribution < -0.4 is 14.2 Å². The number of fused-ring (bicyclic) bond motifs is 2. The number of hydrogen-bond acceptors (Lipinski definition) is 8. The maximum absolute atomic E-state index is 13.6. The van der Waals surface area contributed by atoms with E-state index in [0.29, 0.717) is 34.0 Å². The van der Waals surface area contributed by atoms with E-state index in [-0.39, 0.29) is 24.7 Å². The topological polar surface area (TPSA) is 112 Å². The van der Waals surface area contributed by atoms with Crippen LogP contribution in [0.25, 0.3) is 11.0 Å². The normalized spacial score (nSPS) is 17.0. The van der Waals surface area contributed by atoms with E-state index in [0.717, 1.165) is 5.56 Å². The minimum Gasteiger partial charge on any atom is -0.503 e. The summed E-state index contributed by atoms with van der Waals surface area (Å²) < 4.78 is 27.5. The van der Waals surface area contributed by atoms with E-state index in [9.17, 15) is 14.7 Å². The summed E-state index contributed by atoms with van der Waals surface area (Å²) in [5, 5.41) is 11.5. The molecule has 0 spiro atoms. The zero-order valence-corrected chi connectivity index (χ0v) is 18.5. The molecule has 1 amide bonds. The number of carbonyl (C=O) groups is 2. The molecule has 0 fully saturated rings. The van der Waals surface area contributed by atoms with Crippen molar-refractivity contribution in [1.29, 1.82) is 0 Å². The van der Waals surface area contributed by atoms with E-state index >= 15 is 0 Å². The summed E-state index contributed by atoms with van der Waals surface area (Å²) >= 11 is 0. The number of para-hydroxylation sites is 1. The third-order valence-corrected chi connectivity index (χ3v) is 6.10. The minimum absolute atomic E-state index is 0.0275. The molecule has 9 nitrogen and oxygen atoms in total. The number of ketones is 1. The summed E-state index contributed by atoms with van der Waals surface area (Å²) in [5.41, 5.74) is 1.01. The van der Waals surface area contributed by atoms with Crippen LogP contribution in [0.3, 0.4) is 0 Å². The van der Waals surface area contributed by atoms with Gasteiger partial charge in [-0.1, -0.05) is 18.2 Å². The maximum atomic E-state index is 13.6. The van der Waals surface area contributed by atoms with Crippen LogP contribution in [0, 0.1) is 0 Å². The van der Waals surface area contributed by atoms with Gasteiger partial charge in [-0.2, -0.15) is 0 Å². The first kappa shape index (κ1) is 20.9. The van der Waals surface area contributed by atoms with Crippen LogP contribution in [-0.4, -0.2) is 35.6 Å². The quantitative estimate of drug-likeness (QED) is 0.406. The van der Waals surface area contributed by atoms with Crippen molar-refractivity contribution in [2.75, 3.05) is 13.9 Å². The number of aliphatic hydroxyl groups is 1. The highest BCUT2D eigenvalue weighted by Gasteiger charge is 2.46. The van der Waals surface area contributed by atoms with E-state index in [2.05, 4.69) is 0 Å². The van der Waals surface area contributed by atoms with Gasteiger partial charge in [0.15, 0.2) is 34.4 Å². The molecule has 2 aromatic carbocycles. The van der Waals surface area contributed by atoms with E-state index in [4.69, 9.17) is 23.0 Å². The van der Waals surface area contributed by atoms with Crippen molar-refractivity contribution in [3.05, 3.63) is 89.3 Å². The van der Waals surface area contributed by atoms with Crippen LogP contribution >= 0.6 is 0 Å². The Morgan fingerprint density at radius 2 is 1.97 bits per heavy atom. The molecular weight excluding hydrogens is 454 g/mol. The number of ether oxygens (including phenoxy) is 3. The Morgan fingerprint density at radius 1 is 1.11 bits per heavy atom. The number of rotatable bonds is 6. The van der Waals surface area contributed by atoms with E-state index in [1.807, 2.05) is 0 Å². The van der Waals surface area contributed by atoms with Gasteiger partial charge in [-0.25, -0.2) is 0 Å². The van der Waals surface area contributed by atoms with Gasteiger partial charge in [-0.15, -0.1) is 0 Å². The zero-order valence-electron chi connectivity index (χ0n) is 18.5. The van der Waals surface area contributed by atoms with Gasteiger partial charge in [0.25, 0.3) is 5.91 Å². The molecule has 9 heteroatoms. The Labute approximate surface area is 198 Å². The molecule has 1 N–H and O–H groups in total. The molecule has 4 aromatic rings. The highest BCUT2D eigenvalue weighted by Crippen LogP contribution is 2.42. The molecule has 1 unspecified atom stereocenters. The van der Waals surface area contributed by atoms with Crippen LogP contribution in [-0.2, 0) is 11.3 Å². The smallest absolute Gasteiger partial charge is 0.290 e. The summed E-state index contributed by atoms with van der Waals surface area (Å²) in [6, 6.07) is 14.5. The van der Waals surface area contributed by atoms with Gasteiger partial charge >= 0.3 is 0 Å². The lowest BCUT2D eigenvalue weighted by molar-refractivity contribution is -0.130. The highest BCUT2D eigenvalue weighted by atomic mass is 16.7. The van der Waals surface area contributed by atoms with Gasteiger partial charge in [0, 0.05) is 11.9 Å². The lowest BCUT2D eigenvalue weighted by Gasteiger charge is -2.24. The SMILES string of the molecule is COc1cccc2cc(C(=O)C3=C(O)C(=O)N(Cc4ccc5c(c4)OCO5)C3c3ccco3)oc12. The number of carbonyl (C=O) groups excluding carboxylic acids is 2. The second-order valence-electron chi connectivity index (χ2n) is 8.12. The largest absolute Gasteiger partial charge is 0.503 e. The lowest BCUT2D eigenvalue weighted by atomic mass is 9.99. The van der Waals surface area contributed by atoms with Crippen molar-refractivity contribution in [2.24, 2.45) is 0 Å². The third-order valence-electron chi connectivity index (χ3n) is 6.10. The Balaban J connectivity index is 1.40. The fourth-order valence-corrected chi connectivity index (χ4v) is 4.47. The molecule has 1 atom stereocenters. The van der Waals surface area contributed by atoms with E-state index < -0.39 is 23.5 Å². The van der Waals surface area contributed by atoms with Crippen molar-refractivity contribution in [2.45, 2.75) is 12.6 Å². The van der Waals surface area contributed by atoms with Crippen LogP contribution in [0.15, 0.2) is 81.0 Å². The van der Waals surface area contributed by atoms with Gasteiger partial charge in [-0.05, 0) is 42.0 Å². The standard InChI is InChI=1S/C26H19NO8/c1-31-18-5-2-4-15-11-20(35-25(15)18)23(28)21-22(17-6-3-9-32-17)27(26(30)24(21)29)12-14-7-8-16-19(10-14)34-13-33-16/h2-11,22,29H,12-13H2,1H3. The van der Waals surface area contributed by atoms with Gasteiger partial charge in [-0.3, -0.25) is 9.59 Å². The summed E-state index contributed by atoms with van der Waals surface area (Å²) in [7, 11) is 1.50. The predicted molar refractivity (Wildman–Crippen MR) is 121 cm³/mol. The third kappa shape index (κ3) is 3.31. The highest BCUT2D eigenvalue weighted by molar-refractivity contribution is 6.16. The molecule has 176 valence electrons. The summed E-state index contributed by atoms with van der Waals surface area (Å²) in [6.07, 6.45) is 1.45. The second kappa shape index (κ2) is 7.98. The van der Waals surface area contributed by atoms with E-state index in [1.54, 1.807) is 54.6 Å². The average molecular weight is 473 g/mol. The first-order valence-corrected chi connectivity index (χ1v) is 10.8. The molecule has 0 bridgehead atoms. The van der Waals surface area contributed by atoms with Gasteiger partial charge in [0.05, 0.1) is 18.9 Å². The van der Waals surface area contributed by atoms with Crippen molar-refractivity contribution in [3.8, 4) is 17.2 Å². The molecule has 2 aromatic heterocycles. The second-order valence-corrected chi connectivity index (χ2v) is 8.12. The van der Waals surface area contributed by atoms with Crippen molar-refractivity contribution in [1.82, 2.24) is 4.90 Å². The monoisotopic (exact) mass is 473 g/mol. The molecule has 2 aliphatic heterocycles. The maximum Gasteiger partial charge on any atom is 0.290 e. The summed E-state index contributed by atoms with van der Waals surface area (Å²) in [5.74, 6) is -0.0150. The van der Waals surface area contributed by atoms with E-state index in [1.165, 1.54) is 18.3 Å². The Morgan fingerprint density at radius 3 is 2.77 bits per heavy atom. The van der Waals surface area contributed by atoms with Gasteiger partial charge in [0.2, 0.25) is 12.6 Å². The predicted octanol–water partition coefficient (Wildman–Crippen LogP) is 4.54. The van der Waals surface area contributed by atoms with Crippen LogP contribution in [0.5, 0.6) is 17.2 Å². The first-order chi connectivity index (χ1) is 17.0. The van der Waals surface area contributed by atoms with Crippen LogP contribution in [0.4, 0.5) is 0 Å². The Bertz CT molecular complexity index is 1500. The Hall–Kier alpha value is -4.66. The number of hydrogen-bond donors (Lipinski definition) is 1. The zero-order chi connectivity index (χ0) is 24.1. The van der Waals surface area contributed by atoms with Gasteiger partial charge < -0.3 is 33.1 Å². The number of aliphatic hydroxyl groups excluding tert-OH is 1. The molecule has 2 aliphatic rings. The lowest BCUT2D eigenvalue weighted by Crippen LogP contribution is -2.30. The first-order valence-electron chi connectivity index (χ1n) is 10.8. The van der Waals surface area contributed by atoms with Crippen molar-refractivity contribution in [3.63, 3.8) is 0 Å². The number of methoxy groups -OCH3 is 1. The Kier molecular flexibility index (Phi) is 4.77. The van der Waals surface area contributed by atoms with Crippen molar-refractivity contribution >= 4 is 22.7 Å². The number of benzene rings is 2. The number of Topliss-reactive ketones (excluding diaryl/α,β-unsaturated/α-hetero) is 1. The summed E-state index contributed by atoms with van der Waals surface area (Å²) in [6.45, 7) is 0.218. The fourth-order valence-electron chi connectivity index (χ4n) is 4.47.